The maximum atomic E-state index is 12.2. The number of amides is 1. The zero-order chi connectivity index (χ0) is 21.5. The van der Waals surface area contributed by atoms with Crippen molar-refractivity contribution in [3.63, 3.8) is 0 Å². The highest BCUT2D eigenvalue weighted by Crippen LogP contribution is 2.32. The Morgan fingerprint density at radius 2 is 1.90 bits per heavy atom. The summed E-state index contributed by atoms with van der Waals surface area (Å²) < 4.78 is 12.5. The minimum absolute atomic E-state index is 0.0638. The Bertz CT molecular complexity index is 942. The van der Waals surface area contributed by atoms with Crippen LogP contribution < -0.4 is 9.47 Å². The van der Waals surface area contributed by atoms with Crippen molar-refractivity contribution in [3.05, 3.63) is 64.6 Å². The van der Waals surface area contributed by atoms with Gasteiger partial charge in [-0.15, -0.1) is 0 Å². The molecule has 0 spiro atoms. The summed E-state index contributed by atoms with van der Waals surface area (Å²) in [7, 11) is 1.70. The maximum absolute atomic E-state index is 12.2. The lowest BCUT2D eigenvalue weighted by Gasteiger charge is -2.15. The molecule has 1 saturated heterocycles. The van der Waals surface area contributed by atoms with Crippen LogP contribution in [0.25, 0.3) is 6.08 Å². The van der Waals surface area contributed by atoms with Crippen LogP contribution in [0.5, 0.6) is 11.5 Å². The molecule has 0 radical (unpaired) electrons. The van der Waals surface area contributed by atoms with Gasteiger partial charge in [0.25, 0.3) is 5.91 Å². The molecule has 0 bridgehead atoms. The first kappa shape index (κ1) is 22.4. The van der Waals surface area contributed by atoms with Crippen molar-refractivity contribution >= 4 is 40.3 Å². The van der Waals surface area contributed by atoms with E-state index in [1.807, 2.05) is 42.5 Å². The van der Waals surface area contributed by atoms with E-state index in [1.54, 1.807) is 7.05 Å². The molecular weight excluding hydrogens is 414 g/mol. The smallest absolute Gasteiger partial charge is 0.265 e. The number of rotatable bonds is 9. The molecule has 2 aromatic carbocycles. The lowest BCUT2D eigenvalue weighted by molar-refractivity contribution is -0.121. The molecule has 0 aromatic heterocycles. The van der Waals surface area contributed by atoms with E-state index in [0.717, 1.165) is 29.9 Å². The SMILES string of the molecule is CC[C@H](C)c1ccccc1OCCCOc1cccc(/C=C2/SC(=S)N(C)C2=O)c1. The Morgan fingerprint density at radius 1 is 1.13 bits per heavy atom. The minimum atomic E-state index is -0.0638. The van der Waals surface area contributed by atoms with Crippen molar-refractivity contribution in [2.24, 2.45) is 0 Å². The monoisotopic (exact) mass is 441 g/mol. The van der Waals surface area contributed by atoms with Gasteiger partial charge in [-0.25, -0.2) is 0 Å². The van der Waals surface area contributed by atoms with Crippen LogP contribution in [0.1, 0.15) is 43.7 Å². The second-order valence-corrected chi connectivity index (χ2v) is 8.89. The largest absolute Gasteiger partial charge is 0.493 e. The highest BCUT2D eigenvalue weighted by Gasteiger charge is 2.28. The number of thioether (sulfide) groups is 1. The molecule has 0 saturated carbocycles. The molecule has 1 amide bonds. The Morgan fingerprint density at radius 3 is 2.63 bits per heavy atom. The number of carbonyl (C=O) groups is 1. The van der Waals surface area contributed by atoms with Gasteiger partial charge >= 0.3 is 0 Å². The number of hydrogen-bond acceptors (Lipinski definition) is 5. The molecule has 1 aliphatic heterocycles. The molecule has 3 rings (SSSR count). The van der Waals surface area contributed by atoms with E-state index >= 15 is 0 Å². The van der Waals surface area contributed by atoms with Crippen molar-refractivity contribution in [1.29, 1.82) is 0 Å². The summed E-state index contributed by atoms with van der Waals surface area (Å²) in [5.41, 5.74) is 2.17. The van der Waals surface area contributed by atoms with Crippen LogP contribution in [-0.2, 0) is 4.79 Å². The predicted molar refractivity (Wildman–Crippen MR) is 128 cm³/mol. The van der Waals surface area contributed by atoms with Gasteiger partial charge in [0.15, 0.2) is 0 Å². The molecule has 1 fully saturated rings. The summed E-state index contributed by atoms with van der Waals surface area (Å²) >= 11 is 6.50. The van der Waals surface area contributed by atoms with E-state index in [1.165, 1.54) is 22.2 Å². The minimum Gasteiger partial charge on any atom is -0.493 e. The van der Waals surface area contributed by atoms with Gasteiger partial charge in [0.2, 0.25) is 0 Å². The van der Waals surface area contributed by atoms with E-state index in [9.17, 15) is 4.79 Å². The molecule has 158 valence electrons. The number of para-hydroxylation sites is 1. The number of hydrogen-bond donors (Lipinski definition) is 0. The van der Waals surface area contributed by atoms with Crippen LogP contribution in [0, 0.1) is 0 Å². The number of thiocarbonyl (C=S) groups is 1. The number of carbonyl (C=O) groups excluding carboxylic acids is 1. The summed E-state index contributed by atoms with van der Waals surface area (Å²) in [5.74, 6) is 2.15. The number of ether oxygens (including phenoxy) is 2. The molecule has 1 heterocycles. The fraction of sp³-hybridized carbons (Fsp3) is 0.333. The number of benzene rings is 2. The average Bonchev–Trinajstić information content (AvgIpc) is 3.00. The van der Waals surface area contributed by atoms with Crippen molar-refractivity contribution in [2.45, 2.75) is 32.6 Å². The van der Waals surface area contributed by atoms with Gasteiger partial charge in [0.1, 0.15) is 15.8 Å². The Balaban J connectivity index is 1.50. The van der Waals surface area contributed by atoms with Crippen LogP contribution in [0.15, 0.2) is 53.4 Å². The second kappa shape index (κ2) is 10.6. The van der Waals surface area contributed by atoms with Gasteiger partial charge in [-0.05, 0) is 47.7 Å². The topological polar surface area (TPSA) is 38.8 Å². The lowest BCUT2D eigenvalue weighted by atomic mass is 9.98. The maximum Gasteiger partial charge on any atom is 0.265 e. The zero-order valence-corrected chi connectivity index (χ0v) is 19.2. The van der Waals surface area contributed by atoms with Gasteiger partial charge < -0.3 is 9.47 Å². The fourth-order valence-electron chi connectivity index (χ4n) is 3.06. The van der Waals surface area contributed by atoms with E-state index in [0.29, 0.717) is 28.4 Å². The van der Waals surface area contributed by atoms with Gasteiger partial charge in [-0.2, -0.15) is 0 Å². The van der Waals surface area contributed by atoms with Crippen molar-refractivity contribution in [2.75, 3.05) is 20.3 Å². The Labute approximate surface area is 188 Å². The predicted octanol–water partition coefficient (Wildman–Crippen LogP) is 5.88. The van der Waals surface area contributed by atoms with E-state index < -0.39 is 0 Å². The van der Waals surface area contributed by atoms with Crippen LogP contribution in [0.4, 0.5) is 0 Å². The van der Waals surface area contributed by atoms with Crippen LogP contribution in [0.3, 0.4) is 0 Å². The van der Waals surface area contributed by atoms with Gasteiger partial charge in [-0.1, -0.05) is 68.2 Å². The third kappa shape index (κ3) is 5.64. The average molecular weight is 442 g/mol. The highest BCUT2D eigenvalue weighted by atomic mass is 32.2. The van der Waals surface area contributed by atoms with Crippen LogP contribution in [0.2, 0.25) is 0 Å². The molecular formula is C24H27NO3S2. The number of nitrogens with zero attached hydrogens (tertiary/aromatic N) is 1. The van der Waals surface area contributed by atoms with Crippen molar-refractivity contribution in [1.82, 2.24) is 4.90 Å². The van der Waals surface area contributed by atoms with Gasteiger partial charge in [0.05, 0.1) is 18.1 Å². The Hall–Kier alpha value is -2.31. The lowest BCUT2D eigenvalue weighted by Crippen LogP contribution is -2.22. The molecule has 30 heavy (non-hydrogen) atoms. The molecule has 1 atom stereocenters. The van der Waals surface area contributed by atoms with Crippen molar-refractivity contribution < 1.29 is 14.3 Å². The molecule has 2 aromatic rings. The molecule has 0 N–H and O–H groups in total. The number of likely N-dealkylation sites (N-methyl/N-ethyl adjacent to an activating group) is 1. The second-order valence-electron chi connectivity index (χ2n) is 7.21. The first-order valence-electron chi connectivity index (χ1n) is 10.2. The van der Waals surface area contributed by atoms with Crippen LogP contribution >= 0.6 is 24.0 Å². The standard InChI is InChI=1S/C24H27NO3S2/c1-4-17(2)20-11-5-6-12-21(20)28-14-8-13-27-19-10-7-9-18(15-19)16-22-23(26)25(3)24(29)30-22/h5-7,9-12,15-17H,4,8,13-14H2,1-3H3/b22-16+/t17-/m0/s1. The summed E-state index contributed by atoms with van der Waals surface area (Å²) in [5, 5.41) is 0. The molecule has 0 unspecified atom stereocenters. The summed E-state index contributed by atoms with van der Waals surface area (Å²) in [6.45, 7) is 5.57. The summed E-state index contributed by atoms with van der Waals surface area (Å²) in [4.78, 5) is 14.3. The first-order valence-corrected chi connectivity index (χ1v) is 11.4. The normalized spacial score (nSPS) is 16.2. The van der Waals surface area contributed by atoms with Gasteiger partial charge in [-0.3, -0.25) is 9.69 Å². The van der Waals surface area contributed by atoms with Crippen molar-refractivity contribution in [3.8, 4) is 11.5 Å². The third-order valence-electron chi connectivity index (χ3n) is 5.02. The fourth-order valence-corrected chi connectivity index (χ4v) is 4.24. The summed E-state index contributed by atoms with van der Waals surface area (Å²) in [6, 6.07) is 16.0. The quantitative estimate of drug-likeness (QED) is 0.276. The first-order chi connectivity index (χ1) is 14.5. The highest BCUT2D eigenvalue weighted by molar-refractivity contribution is 8.26. The van der Waals surface area contributed by atoms with E-state index in [-0.39, 0.29) is 5.91 Å². The zero-order valence-electron chi connectivity index (χ0n) is 17.6. The Kier molecular flexibility index (Phi) is 7.94. The van der Waals surface area contributed by atoms with Crippen LogP contribution in [-0.4, -0.2) is 35.4 Å². The van der Waals surface area contributed by atoms with Gasteiger partial charge in [0, 0.05) is 13.5 Å². The third-order valence-corrected chi connectivity index (χ3v) is 6.50. The molecule has 6 heteroatoms. The summed E-state index contributed by atoms with van der Waals surface area (Å²) in [6.07, 6.45) is 3.72. The van der Waals surface area contributed by atoms with E-state index in [2.05, 4.69) is 26.0 Å². The molecule has 4 nitrogen and oxygen atoms in total. The molecule has 1 aliphatic rings. The van der Waals surface area contributed by atoms with E-state index in [4.69, 9.17) is 21.7 Å². The molecule has 0 aliphatic carbocycles.